The first-order valence-corrected chi connectivity index (χ1v) is 20.3. The van der Waals surface area contributed by atoms with E-state index in [0.29, 0.717) is 35.4 Å². The van der Waals surface area contributed by atoms with E-state index in [-0.39, 0.29) is 56.3 Å². The molecule has 0 unspecified atom stereocenters. The number of amides is 5. The van der Waals surface area contributed by atoms with E-state index in [9.17, 15) is 36.8 Å². The van der Waals surface area contributed by atoms with E-state index in [2.05, 4.69) is 15.4 Å². The van der Waals surface area contributed by atoms with Gasteiger partial charge in [-0.1, -0.05) is 62.6 Å². The smallest absolute Gasteiger partial charge is 0.410 e. The summed E-state index contributed by atoms with van der Waals surface area (Å²) in [6.07, 6.45) is 3.90. The van der Waals surface area contributed by atoms with E-state index in [4.69, 9.17) is 21.1 Å². The third-order valence-corrected chi connectivity index (χ3v) is 11.9. The minimum Gasteiger partial charge on any atom is -0.449 e. The molecule has 2 fully saturated rings. The van der Waals surface area contributed by atoms with Gasteiger partial charge in [-0.15, -0.1) is 0 Å². The SMILES string of the molecule is CC(C)COC(=O)N[C@H]1CCCCC/C=C\[C@@H]2C[C@@]2(C(=O)NS(=O)(=O)c2ccc(Cl)cc2)NC(=O)[C@@H]2C[C@@H](OC(=O)N3Cc4cccc(F)c4C3)CN2C1=O. The lowest BCUT2D eigenvalue weighted by molar-refractivity contribution is -0.141. The number of allylic oxidation sites excluding steroid dienone is 1. The van der Waals surface area contributed by atoms with Crippen LogP contribution >= 0.6 is 11.6 Å². The lowest BCUT2D eigenvalue weighted by atomic mass is 10.0. The van der Waals surface area contributed by atoms with Gasteiger partial charge in [0.05, 0.1) is 24.6 Å². The third-order valence-electron chi connectivity index (χ3n) is 10.3. The van der Waals surface area contributed by atoms with Gasteiger partial charge in [-0.3, -0.25) is 19.3 Å². The van der Waals surface area contributed by atoms with Crippen molar-refractivity contribution in [1.29, 1.82) is 0 Å². The molecule has 0 bridgehead atoms. The van der Waals surface area contributed by atoms with Gasteiger partial charge >= 0.3 is 12.2 Å². The molecule has 1 aliphatic carbocycles. The molecule has 17 heteroatoms. The van der Waals surface area contributed by atoms with Crippen LogP contribution in [0.25, 0.3) is 0 Å². The number of fused-ring (bicyclic) bond motifs is 3. The molecule has 2 aromatic carbocycles. The number of benzene rings is 2. The summed E-state index contributed by atoms with van der Waals surface area (Å²) < 4.78 is 54.2. The van der Waals surface area contributed by atoms with Gasteiger partial charge in [0.15, 0.2) is 0 Å². The lowest BCUT2D eigenvalue weighted by Crippen LogP contribution is -2.58. The molecule has 296 valence electrons. The van der Waals surface area contributed by atoms with Gasteiger partial charge in [-0.25, -0.2) is 27.1 Å². The number of sulfonamides is 1. The van der Waals surface area contributed by atoms with Crippen LogP contribution in [0.3, 0.4) is 0 Å². The van der Waals surface area contributed by atoms with Crippen LogP contribution in [0.1, 0.15) is 69.9 Å². The quantitative estimate of drug-likeness (QED) is 0.339. The van der Waals surface area contributed by atoms with Crippen molar-refractivity contribution in [3.8, 4) is 0 Å². The fourth-order valence-corrected chi connectivity index (χ4v) is 8.37. The van der Waals surface area contributed by atoms with Gasteiger partial charge in [0.1, 0.15) is 29.5 Å². The summed E-state index contributed by atoms with van der Waals surface area (Å²) in [6, 6.07) is 7.46. The lowest BCUT2D eigenvalue weighted by Gasteiger charge is -2.29. The molecule has 14 nitrogen and oxygen atoms in total. The molecule has 1 saturated carbocycles. The second-order valence-electron chi connectivity index (χ2n) is 14.9. The van der Waals surface area contributed by atoms with Crippen molar-refractivity contribution < 1.29 is 46.3 Å². The number of alkyl carbamates (subject to hydrolysis) is 1. The summed E-state index contributed by atoms with van der Waals surface area (Å²) >= 11 is 5.93. The highest BCUT2D eigenvalue weighted by molar-refractivity contribution is 7.90. The number of carbonyl (C=O) groups is 5. The maximum absolute atomic E-state index is 14.4. The average molecular weight is 802 g/mol. The minimum atomic E-state index is -4.36. The standard InChI is InChI=1S/C38H45ClFN5O9S/c1-23(2)22-53-36(49)41-31-12-7-5-3-4-6-10-25-18-38(25,35(48)43-55(51,52)28-15-13-26(39)14-16-28)42-33(46)32-17-27(20-45(32)34(31)47)54-37(50)44-19-24-9-8-11-30(40)29(24)21-44/h6,8-11,13-16,23,25,27,31-32H,3-5,7,12,17-22H2,1-2H3,(H,41,49)(H,42,46)(H,43,48)/b10-6-/t25-,27-,31+,32+,38-/m1/s1. The monoisotopic (exact) mass is 801 g/mol. The molecule has 4 aliphatic rings. The molecule has 5 amide bonds. The first-order valence-electron chi connectivity index (χ1n) is 18.4. The van der Waals surface area contributed by atoms with E-state index in [0.717, 1.165) is 6.42 Å². The molecule has 0 aromatic heterocycles. The van der Waals surface area contributed by atoms with Gasteiger partial charge in [0.25, 0.3) is 15.9 Å². The van der Waals surface area contributed by atoms with Crippen LogP contribution in [0.2, 0.25) is 5.02 Å². The van der Waals surface area contributed by atoms with Crippen LogP contribution in [-0.4, -0.2) is 85.0 Å². The van der Waals surface area contributed by atoms with Crippen molar-refractivity contribution in [2.75, 3.05) is 13.2 Å². The summed E-state index contributed by atoms with van der Waals surface area (Å²) in [5, 5.41) is 5.72. The highest BCUT2D eigenvalue weighted by Crippen LogP contribution is 2.46. The number of ether oxygens (including phenoxy) is 2. The molecule has 3 heterocycles. The topological polar surface area (TPSA) is 181 Å². The Morgan fingerprint density at radius 2 is 1.84 bits per heavy atom. The van der Waals surface area contributed by atoms with E-state index in [1.807, 2.05) is 19.9 Å². The molecular formula is C38H45ClFN5O9S. The molecule has 2 aromatic rings. The summed E-state index contributed by atoms with van der Waals surface area (Å²) in [5.41, 5.74) is -0.653. The van der Waals surface area contributed by atoms with Gasteiger partial charge in [-0.05, 0) is 67.5 Å². The molecule has 1 saturated heterocycles. The maximum Gasteiger partial charge on any atom is 0.410 e. The Morgan fingerprint density at radius 3 is 2.56 bits per heavy atom. The maximum atomic E-state index is 14.4. The molecule has 55 heavy (non-hydrogen) atoms. The average Bonchev–Trinajstić information content (AvgIpc) is 3.42. The predicted octanol–water partition coefficient (Wildman–Crippen LogP) is 4.55. The van der Waals surface area contributed by atoms with Crippen molar-refractivity contribution >= 4 is 51.5 Å². The van der Waals surface area contributed by atoms with Crippen LogP contribution < -0.4 is 15.4 Å². The van der Waals surface area contributed by atoms with Crippen LogP contribution in [-0.2, 0) is 47.0 Å². The van der Waals surface area contributed by atoms with Gasteiger partial charge < -0.3 is 25.0 Å². The first kappa shape index (κ1) is 40.0. The van der Waals surface area contributed by atoms with E-state index >= 15 is 0 Å². The zero-order valence-corrected chi connectivity index (χ0v) is 32.2. The summed E-state index contributed by atoms with van der Waals surface area (Å²) in [6.45, 7) is 3.73. The van der Waals surface area contributed by atoms with Crippen molar-refractivity contribution in [2.24, 2.45) is 11.8 Å². The van der Waals surface area contributed by atoms with Crippen molar-refractivity contribution in [3.63, 3.8) is 0 Å². The van der Waals surface area contributed by atoms with Crippen molar-refractivity contribution in [2.45, 2.75) is 101 Å². The molecule has 6 rings (SSSR count). The molecule has 0 spiro atoms. The Kier molecular flexibility index (Phi) is 12.0. The van der Waals surface area contributed by atoms with Crippen molar-refractivity contribution in [1.82, 2.24) is 25.2 Å². The Labute approximate surface area is 324 Å². The minimum absolute atomic E-state index is 0.0178. The molecule has 0 radical (unpaired) electrons. The van der Waals surface area contributed by atoms with Crippen LogP contribution in [0.5, 0.6) is 0 Å². The largest absolute Gasteiger partial charge is 0.449 e. The number of nitrogens with one attached hydrogen (secondary N) is 3. The second-order valence-corrected chi connectivity index (χ2v) is 17.0. The fraction of sp³-hybridized carbons (Fsp3) is 0.500. The Morgan fingerprint density at radius 1 is 1.07 bits per heavy atom. The first-order chi connectivity index (χ1) is 26.2. The van der Waals surface area contributed by atoms with Crippen LogP contribution in [0.15, 0.2) is 59.5 Å². The molecule has 3 aliphatic heterocycles. The van der Waals surface area contributed by atoms with Gasteiger partial charge in [-0.2, -0.15) is 0 Å². The normalized spacial score (nSPS) is 26.1. The third kappa shape index (κ3) is 9.23. The molecular weight excluding hydrogens is 757 g/mol. The Hall–Kier alpha value is -4.70. The number of nitrogens with zero attached hydrogens (tertiary/aromatic N) is 2. The number of carbonyl (C=O) groups excluding carboxylic acids is 5. The van der Waals surface area contributed by atoms with Crippen LogP contribution in [0.4, 0.5) is 14.0 Å². The number of rotatable bonds is 7. The van der Waals surface area contributed by atoms with E-state index in [1.165, 1.54) is 40.1 Å². The summed E-state index contributed by atoms with van der Waals surface area (Å²) in [4.78, 5) is 71.0. The highest BCUT2D eigenvalue weighted by atomic mass is 35.5. The summed E-state index contributed by atoms with van der Waals surface area (Å²) in [7, 11) is -4.36. The fourth-order valence-electron chi connectivity index (χ4n) is 7.20. The number of halogens is 2. The van der Waals surface area contributed by atoms with Crippen LogP contribution in [0, 0.1) is 17.7 Å². The molecule has 3 N–H and O–H groups in total. The number of hydrogen-bond donors (Lipinski definition) is 3. The van der Waals surface area contributed by atoms with E-state index < -0.39 is 75.4 Å². The molecule has 5 atom stereocenters. The highest BCUT2D eigenvalue weighted by Gasteiger charge is 2.61. The van der Waals surface area contributed by atoms with Crippen molar-refractivity contribution in [3.05, 3.63) is 76.6 Å². The predicted molar refractivity (Wildman–Crippen MR) is 197 cm³/mol. The van der Waals surface area contributed by atoms with Gasteiger partial charge in [0, 0.05) is 29.5 Å². The number of hydrogen-bond acceptors (Lipinski definition) is 9. The second kappa shape index (κ2) is 16.6. The zero-order chi connectivity index (χ0) is 39.5. The Balaban J connectivity index is 1.26. The zero-order valence-electron chi connectivity index (χ0n) is 30.6. The Bertz CT molecular complexity index is 1960. The summed E-state index contributed by atoms with van der Waals surface area (Å²) in [5.74, 6) is -3.29. The van der Waals surface area contributed by atoms with Gasteiger partial charge in [0.2, 0.25) is 11.8 Å². The van der Waals surface area contributed by atoms with E-state index in [1.54, 1.807) is 18.2 Å².